The molecule has 6 N–H and O–H groups in total. The molecule has 0 aromatic carbocycles. The molecule has 0 aromatic heterocycles. The maximum Gasteiger partial charge on any atom is 0.338 e. The first-order valence-electron chi connectivity index (χ1n) is 8.95. The van der Waals surface area contributed by atoms with Crippen molar-refractivity contribution < 1.29 is 14.6 Å². The van der Waals surface area contributed by atoms with Crippen LogP contribution in [0.15, 0.2) is 0 Å². The van der Waals surface area contributed by atoms with Crippen LogP contribution in [0.4, 0.5) is 0 Å². The van der Waals surface area contributed by atoms with Gasteiger partial charge in [0.15, 0.2) is 5.78 Å². The summed E-state index contributed by atoms with van der Waals surface area (Å²) in [6.45, 7) is 4.74. The summed E-state index contributed by atoms with van der Waals surface area (Å²) in [5, 5.41) is 2.90. The van der Waals surface area contributed by atoms with Gasteiger partial charge in [-0.1, -0.05) is 39.5 Å². The van der Waals surface area contributed by atoms with Crippen molar-refractivity contribution >= 4 is 17.6 Å². The number of hydrogen-bond acceptors (Lipinski definition) is 2. The second-order valence-electron chi connectivity index (χ2n) is 6.02. The summed E-state index contributed by atoms with van der Waals surface area (Å²) in [6, 6.07) is -0.390. The molecule has 0 aromatic rings. The van der Waals surface area contributed by atoms with Crippen molar-refractivity contribution in [1.29, 1.82) is 0 Å². The van der Waals surface area contributed by atoms with Gasteiger partial charge in [-0.25, -0.2) is 0 Å². The maximum atomic E-state index is 12.1. The number of nitrogens with one attached hydrogen (secondary N) is 2. The standard InChI is InChI=1S/C17H34N4O2/c1-3-5-6-7-8-12-16(23)21-14(15(22)10-4-2)11-9-13-20-17(18)19/h14H,3-13H2,1-2H3,(H,21,23)(H4,18,19,20)/p+1. The van der Waals surface area contributed by atoms with Crippen LogP contribution >= 0.6 is 0 Å². The van der Waals surface area contributed by atoms with Crippen molar-refractivity contribution in [1.82, 2.24) is 5.32 Å². The van der Waals surface area contributed by atoms with Crippen LogP contribution in [0.25, 0.3) is 0 Å². The number of unbranched alkanes of at least 4 members (excludes halogenated alkanes) is 4. The van der Waals surface area contributed by atoms with Crippen LogP contribution in [0.3, 0.4) is 0 Å². The molecule has 0 heterocycles. The number of hydrogen-bond donors (Lipinski definition) is 4. The molecule has 1 unspecified atom stereocenters. The number of amides is 1. The van der Waals surface area contributed by atoms with Gasteiger partial charge < -0.3 is 5.32 Å². The van der Waals surface area contributed by atoms with Crippen molar-refractivity contribution in [3.05, 3.63) is 0 Å². The topological polar surface area (TPSA) is 112 Å². The monoisotopic (exact) mass is 327 g/mol. The van der Waals surface area contributed by atoms with Crippen molar-refractivity contribution in [2.45, 2.75) is 84.1 Å². The Morgan fingerprint density at radius 1 is 0.957 bits per heavy atom. The number of nitrogens with two attached hydrogens (primary N) is 2. The molecule has 134 valence electrons. The highest BCUT2D eigenvalue weighted by Crippen LogP contribution is 2.07. The number of carbonyl (C=O) groups is 2. The smallest absolute Gasteiger partial charge is 0.338 e. The third-order valence-electron chi connectivity index (χ3n) is 3.73. The molecule has 0 fully saturated rings. The highest BCUT2D eigenvalue weighted by Gasteiger charge is 2.19. The fraction of sp³-hybridized carbons (Fsp3) is 0.824. The Balaban J connectivity index is 4.20. The Morgan fingerprint density at radius 3 is 2.26 bits per heavy atom. The highest BCUT2D eigenvalue weighted by molar-refractivity contribution is 5.88. The second-order valence-corrected chi connectivity index (χ2v) is 6.02. The molecule has 6 heteroatoms. The van der Waals surface area contributed by atoms with Crippen molar-refractivity contribution in [2.24, 2.45) is 11.5 Å². The predicted octanol–water partition coefficient (Wildman–Crippen LogP) is 0.335. The summed E-state index contributed by atoms with van der Waals surface area (Å²) < 4.78 is 0. The quantitative estimate of drug-likeness (QED) is 0.209. The molecule has 1 amide bonds. The molecule has 23 heavy (non-hydrogen) atoms. The lowest BCUT2D eigenvalue weighted by atomic mass is 10.0. The van der Waals surface area contributed by atoms with E-state index in [2.05, 4.69) is 17.2 Å². The molecule has 0 saturated carbocycles. The van der Waals surface area contributed by atoms with Crippen LogP contribution in [-0.2, 0) is 9.59 Å². The summed E-state index contributed by atoms with van der Waals surface area (Å²) in [5.41, 5.74) is 10.7. The van der Waals surface area contributed by atoms with Gasteiger partial charge in [0.1, 0.15) is 0 Å². The van der Waals surface area contributed by atoms with Crippen LogP contribution in [0.2, 0.25) is 0 Å². The summed E-state index contributed by atoms with van der Waals surface area (Å²) in [4.78, 5) is 27.0. The Morgan fingerprint density at radius 2 is 1.65 bits per heavy atom. The number of carbonyl (C=O) groups excluding carboxylic acids is 2. The summed E-state index contributed by atoms with van der Waals surface area (Å²) in [6.07, 6.45) is 8.68. The van der Waals surface area contributed by atoms with E-state index < -0.39 is 0 Å². The minimum atomic E-state index is -0.390. The Kier molecular flexibility index (Phi) is 13.1. The second kappa shape index (κ2) is 14.0. The van der Waals surface area contributed by atoms with Gasteiger partial charge in [-0.05, 0) is 25.7 Å². The van der Waals surface area contributed by atoms with Gasteiger partial charge in [0, 0.05) is 12.8 Å². The Labute approximate surface area is 140 Å². The van der Waals surface area contributed by atoms with E-state index in [0.29, 0.717) is 25.8 Å². The normalized spacial score (nSPS) is 11.7. The van der Waals surface area contributed by atoms with Gasteiger partial charge in [-0.15, -0.1) is 0 Å². The molecular formula is C17H35N4O2+. The van der Waals surface area contributed by atoms with E-state index in [1.807, 2.05) is 6.92 Å². The summed E-state index contributed by atoms with van der Waals surface area (Å²) >= 11 is 0. The van der Waals surface area contributed by atoms with Crippen LogP contribution in [-0.4, -0.2) is 30.2 Å². The van der Waals surface area contributed by atoms with E-state index in [4.69, 9.17) is 11.5 Å². The molecule has 0 aliphatic heterocycles. The maximum absolute atomic E-state index is 12.1. The van der Waals surface area contributed by atoms with Crippen molar-refractivity contribution in [3.63, 3.8) is 0 Å². The molecule has 0 aliphatic rings. The van der Waals surface area contributed by atoms with Gasteiger partial charge >= 0.3 is 5.96 Å². The van der Waals surface area contributed by atoms with E-state index in [-0.39, 0.29) is 23.7 Å². The highest BCUT2D eigenvalue weighted by atomic mass is 16.2. The average molecular weight is 327 g/mol. The van der Waals surface area contributed by atoms with E-state index in [9.17, 15) is 9.59 Å². The van der Waals surface area contributed by atoms with Gasteiger partial charge in [0.2, 0.25) is 5.91 Å². The third-order valence-corrected chi connectivity index (χ3v) is 3.73. The van der Waals surface area contributed by atoms with Gasteiger partial charge in [-0.2, -0.15) is 0 Å². The molecule has 6 nitrogen and oxygen atoms in total. The molecule has 0 rings (SSSR count). The minimum Gasteiger partial charge on any atom is -0.346 e. The van der Waals surface area contributed by atoms with Crippen molar-refractivity contribution in [2.75, 3.05) is 6.54 Å². The van der Waals surface area contributed by atoms with Crippen LogP contribution in [0, 0.1) is 0 Å². The predicted molar refractivity (Wildman–Crippen MR) is 93.7 cm³/mol. The van der Waals surface area contributed by atoms with Crippen LogP contribution < -0.4 is 21.8 Å². The molecule has 0 radical (unpaired) electrons. The lowest BCUT2D eigenvalue weighted by Gasteiger charge is -2.17. The average Bonchev–Trinajstić information content (AvgIpc) is 2.50. The zero-order valence-electron chi connectivity index (χ0n) is 14.8. The van der Waals surface area contributed by atoms with Crippen LogP contribution in [0.1, 0.15) is 78.1 Å². The number of Topliss-reactive ketones (excluding diaryl/α,β-unsaturated/α-hetero) is 1. The molecular weight excluding hydrogens is 292 g/mol. The summed E-state index contributed by atoms with van der Waals surface area (Å²) in [7, 11) is 0. The van der Waals surface area contributed by atoms with E-state index >= 15 is 0 Å². The first-order chi connectivity index (χ1) is 11.0. The Hall–Kier alpha value is -1.59. The van der Waals surface area contributed by atoms with Gasteiger partial charge in [0.05, 0.1) is 12.6 Å². The lowest BCUT2D eigenvalue weighted by Crippen LogP contribution is -2.78. The van der Waals surface area contributed by atoms with Gasteiger partial charge in [-0.3, -0.25) is 26.0 Å². The van der Waals surface area contributed by atoms with E-state index in [1.165, 1.54) is 19.3 Å². The SMILES string of the molecule is CCCCCCCC(=O)NC(CCC[NH+]=C(N)N)C(=O)CCC. The minimum absolute atomic E-state index is 0.0196. The van der Waals surface area contributed by atoms with Crippen molar-refractivity contribution in [3.8, 4) is 0 Å². The first kappa shape index (κ1) is 21.4. The van der Waals surface area contributed by atoms with Gasteiger partial charge in [0.25, 0.3) is 0 Å². The molecule has 0 spiro atoms. The fourth-order valence-electron chi connectivity index (χ4n) is 2.43. The fourth-order valence-corrected chi connectivity index (χ4v) is 2.43. The number of guanidine groups is 1. The summed E-state index contributed by atoms with van der Waals surface area (Å²) in [5.74, 6) is 0.267. The third kappa shape index (κ3) is 12.6. The van der Waals surface area contributed by atoms with E-state index in [1.54, 1.807) is 0 Å². The molecule has 0 bridgehead atoms. The number of ketones is 1. The first-order valence-corrected chi connectivity index (χ1v) is 8.95. The molecule has 1 atom stereocenters. The Bertz CT molecular complexity index is 366. The van der Waals surface area contributed by atoms with E-state index in [0.717, 1.165) is 25.7 Å². The molecule has 0 saturated heterocycles. The number of rotatable bonds is 14. The molecule has 0 aliphatic carbocycles. The van der Waals surface area contributed by atoms with Crippen LogP contribution in [0.5, 0.6) is 0 Å². The lowest BCUT2D eigenvalue weighted by molar-refractivity contribution is -0.459. The zero-order chi connectivity index (χ0) is 17.5. The zero-order valence-corrected chi connectivity index (χ0v) is 14.8. The largest absolute Gasteiger partial charge is 0.346 e.